The third-order valence-electron chi connectivity index (χ3n) is 2.57. The third-order valence-corrected chi connectivity index (χ3v) is 2.57. The lowest BCUT2D eigenvalue weighted by molar-refractivity contribution is 0.276. The van der Waals surface area contributed by atoms with Crippen molar-refractivity contribution < 1.29 is 10.6 Å². The molecule has 0 aromatic rings. The lowest BCUT2D eigenvalue weighted by Gasteiger charge is -2.03. The highest BCUT2D eigenvalue weighted by Crippen LogP contribution is 2.12. The molecule has 0 aliphatic heterocycles. The summed E-state index contributed by atoms with van der Waals surface area (Å²) < 4.78 is 0. The van der Waals surface area contributed by atoms with Crippen LogP contribution in [0.2, 0.25) is 0 Å². The molecule has 0 atom stereocenters. The van der Waals surface area contributed by atoms with Gasteiger partial charge in [0.25, 0.3) is 0 Å². The molecule has 0 unspecified atom stereocenters. The van der Waals surface area contributed by atoms with Gasteiger partial charge in [-0.05, 0) is 38.3 Å². The summed E-state index contributed by atoms with van der Waals surface area (Å²) in [4.78, 5) is 0. The Morgan fingerprint density at radius 1 is 1.17 bits per heavy atom. The molecule has 18 heavy (non-hydrogen) atoms. The molecule has 0 aliphatic rings. The smallest absolute Gasteiger partial charge is 0.151 e. The molecule has 111 valence electrons. The monoisotopic (exact) mass is 260 g/mol. The van der Waals surface area contributed by atoms with Crippen molar-refractivity contribution in [3.05, 3.63) is 11.8 Å². The fourth-order valence-electron chi connectivity index (χ4n) is 1.35. The predicted octanol–water partition coefficient (Wildman–Crippen LogP) is 3.85. The molecular weight excluding hydrogens is 226 g/mol. The summed E-state index contributed by atoms with van der Waals surface area (Å²) in [6.45, 7) is 9.21. The van der Waals surface area contributed by atoms with Gasteiger partial charge >= 0.3 is 0 Å². The summed E-state index contributed by atoms with van der Waals surface area (Å²) in [5.74, 6) is 1.12. The average molecular weight is 260 g/mol. The van der Waals surface area contributed by atoms with Gasteiger partial charge in [-0.25, -0.2) is 0 Å². The fourth-order valence-corrected chi connectivity index (χ4v) is 1.35. The molecule has 0 aromatic heterocycles. The SMILES string of the molecule is CC=C([O])CCCCCCC(C)C.CCCN.O. The number of hydrogen-bond acceptors (Lipinski definition) is 1. The van der Waals surface area contributed by atoms with Gasteiger partial charge in [-0.1, -0.05) is 46.5 Å². The van der Waals surface area contributed by atoms with Crippen molar-refractivity contribution in [3.8, 4) is 0 Å². The van der Waals surface area contributed by atoms with Crippen LogP contribution < -0.4 is 5.73 Å². The van der Waals surface area contributed by atoms with Gasteiger partial charge in [-0.2, -0.15) is 0 Å². The first-order chi connectivity index (χ1) is 8.08. The summed E-state index contributed by atoms with van der Waals surface area (Å²) in [7, 11) is 0. The van der Waals surface area contributed by atoms with Gasteiger partial charge in [-0.15, -0.1) is 0 Å². The summed E-state index contributed by atoms with van der Waals surface area (Å²) in [5, 5.41) is 10.9. The van der Waals surface area contributed by atoms with Crippen molar-refractivity contribution in [2.45, 2.75) is 72.6 Å². The van der Waals surface area contributed by atoms with E-state index >= 15 is 0 Å². The maximum Gasteiger partial charge on any atom is 0.151 e. The van der Waals surface area contributed by atoms with Crippen molar-refractivity contribution in [3.63, 3.8) is 0 Å². The molecule has 3 nitrogen and oxygen atoms in total. The van der Waals surface area contributed by atoms with Gasteiger partial charge in [0, 0.05) is 6.42 Å². The van der Waals surface area contributed by atoms with E-state index < -0.39 is 0 Å². The summed E-state index contributed by atoms with van der Waals surface area (Å²) in [5.41, 5.74) is 5.03. The highest BCUT2D eigenvalue weighted by Gasteiger charge is 1.96. The molecule has 0 fully saturated rings. The Labute approximate surface area is 114 Å². The first kappa shape index (κ1) is 22.6. The van der Waals surface area contributed by atoms with E-state index in [-0.39, 0.29) is 5.48 Å². The van der Waals surface area contributed by atoms with E-state index in [1.54, 1.807) is 6.08 Å². The number of hydrogen-bond donors (Lipinski definition) is 1. The van der Waals surface area contributed by atoms with Crippen molar-refractivity contribution in [1.82, 2.24) is 0 Å². The molecule has 0 spiro atoms. The minimum Gasteiger partial charge on any atom is -0.412 e. The van der Waals surface area contributed by atoms with Gasteiger partial charge in [0.05, 0.1) is 0 Å². The van der Waals surface area contributed by atoms with Crippen LogP contribution in [0, 0.1) is 5.92 Å². The summed E-state index contributed by atoms with van der Waals surface area (Å²) >= 11 is 0. The molecular formula is C15H34NO2. The Morgan fingerprint density at radius 3 is 2.06 bits per heavy atom. The molecule has 0 saturated heterocycles. The Hall–Kier alpha value is -0.540. The van der Waals surface area contributed by atoms with E-state index in [2.05, 4.69) is 20.8 Å². The van der Waals surface area contributed by atoms with E-state index in [1.165, 1.54) is 25.7 Å². The van der Waals surface area contributed by atoms with Crippen molar-refractivity contribution in [2.75, 3.05) is 6.54 Å². The molecule has 0 bridgehead atoms. The molecule has 0 heterocycles. The maximum atomic E-state index is 10.9. The third kappa shape index (κ3) is 24.6. The topological polar surface area (TPSA) is 77.4 Å². The molecule has 0 amide bonds. The lowest BCUT2D eigenvalue weighted by Crippen LogP contribution is -1.93. The van der Waals surface area contributed by atoms with Crippen LogP contribution in [0.5, 0.6) is 0 Å². The Balaban J connectivity index is -0.000000392. The quantitative estimate of drug-likeness (QED) is 0.522. The number of rotatable bonds is 8. The summed E-state index contributed by atoms with van der Waals surface area (Å²) in [6.07, 6.45) is 9.74. The second kappa shape index (κ2) is 18.8. The fraction of sp³-hybridized carbons (Fsp3) is 0.867. The highest BCUT2D eigenvalue weighted by molar-refractivity contribution is 4.86. The Bertz CT molecular complexity index is 166. The number of unbranched alkanes of at least 4 members (excludes halogenated alkanes) is 3. The average Bonchev–Trinajstić information content (AvgIpc) is 2.33. The minimum absolute atomic E-state index is 0. The van der Waals surface area contributed by atoms with Crippen LogP contribution in [-0.2, 0) is 5.11 Å². The van der Waals surface area contributed by atoms with Crippen molar-refractivity contribution in [2.24, 2.45) is 11.7 Å². The van der Waals surface area contributed by atoms with Crippen LogP contribution >= 0.6 is 0 Å². The normalized spacial score (nSPS) is 10.7. The van der Waals surface area contributed by atoms with E-state index in [0.717, 1.165) is 31.7 Å². The first-order valence-corrected chi connectivity index (χ1v) is 7.10. The minimum atomic E-state index is 0. The second-order valence-corrected chi connectivity index (χ2v) is 4.89. The Morgan fingerprint density at radius 2 is 1.67 bits per heavy atom. The highest BCUT2D eigenvalue weighted by atomic mass is 16.3. The van der Waals surface area contributed by atoms with E-state index in [4.69, 9.17) is 5.73 Å². The molecule has 0 rings (SSSR count). The van der Waals surface area contributed by atoms with E-state index in [9.17, 15) is 5.11 Å². The molecule has 1 radical (unpaired) electrons. The van der Waals surface area contributed by atoms with Gasteiger partial charge in [0.1, 0.15) is 0 Å². The molecule has 0 aromatic carbocycles. The standard InChI is InChI=1S/C12H23O.C3H9N.H2O/c1-4-12(13)10-8-6-5-7-9-11(2)3;1-2-3-4;/h4,11H,5-10H2,1-3H3;2-4H2,1H3;1H2. The van der Waals surface area contributed by atoms with E-state index in [1.807, 2.05) is 6.92 Å². The van der Waals surface area contributed by atoms with Crippen molar-refractivity contribution in [1.29, 1.82) is 0 Å². The van der Waals surface area contributed by atoms with Crippen LogP contribution in [0.1, 0.15) is 72.6 Å². The molecule has 0 saturated carbocycles. The van der Waals surface area contributed by atoms with Crippen molar-refractivity contribution >= 4 is 0 Å². The molecule has 4 N–H and O–H groups in total. The summed E-state index contributed by atoms with van der Waals surface area (Å²) in [6, 6.07) is 0. The van der Waals surface area contributed by atoms with Crippen LogP contribution in [0.15, 0.2) is 11.8 Å². The second-order valence-electron chi connectivity index (χ2n) is 4.89. The number of nitrogens with two attached hydrogens (primary N) is 1. The van der Waals surface area contributed by atoms with Crippen LogP contribution in [0.3, 0.4) is 0 Å². The maximum absolute atomic E-state index is 10.9. The van der Waals surface area contributed by atoms with Gasteiger partial charge < -0.3 is 11.2 Å². The largest absolute Gasteiger partial charge is 0.412 e. The molecule has 3 heteroatoms. The van der Waals surface area contributed by atoms with E-state index in [0.29, 0.717) is 5.76 Å². The first-order valence-electron chi connectivity index (χ1n) is 7.10. The van der Waals surface area contributed by atoms with Crippen LogP contribution in [-0.4, -0.2) is 12.0 Å². The van der Waals surface area contributed by atoms with Crippen LogP contribution in [0.25, 0.3) is 0 Å². The van der Waals surface area contributed by atoms with Crippen LogP contribution in [0.4, 0.5) is 0 Å². The molecule has 0 aliphatic carbocycles. The zero-order valence-electron chi connectivity index (χ0n) is 12.8. The van der Waals surface area contributed by atoms with Gasteiger partial charge in [0.2, 0.25) is 0 Å². The zero-order valence-corrected chi connectivity index (χ0v) is 12.8. The zero-order chi connectivity index (χ0) is 13.5. The van der Waals surface area contributed by atoms with Gasteiger partial charge in [0.15, 0.2) is 5.76 Å². The van der Waals surface area contributed by atoms with Gasteiger partial charge in [-0.3, -0.25) is 5.11 Å². The lowest BCUT2D eigenvalue weighted by atomic mass is 10.0. The number of allylic oxidation sites excluding steroid dienone is 2. The predicted molar refractivity (Wildman–Crippen MR) is 79.9 cm³/mol. The Kier molecular flexibility index (Phi) is 23.6.